The molecule has 3 heterocycles. The van der Waals surface area contributed by atoms with Crippen LogP contribution in [0.2, 0.25) is 0 Å². The van der Waals surface area contributed by atoms with E-state index in [0.717, 1.165) is 44.2 Å². The lowest BCUT2D eigenvalue weighted by molar-refractivity contribution is -0.126. The van der Waals surface area contributed by atoms with Crippen LogP contribution < -0.4 is 10.6 Å². The molecule has 0 aromatic carbocycles. The molecule has 1 aromatic rings. The number of imide groups is 1. The van der Waals surface area contributed by atoms with Gasteiger partial charge in [0.25, 0.3) is 0 Å². The molecule has 2 N–H and O–H groups in total. The quantitative estimate of drug-likeness (QED) is 0.757. The standard InChI is InChI=1S/C21H31N5O3/c1-13(2)26-19-15(12-22-26)4-3-5-17(19)23-21(29)25-8-6-14(7-9-25)10-16-11-18(27)24-20(16)28/h12-14,16-17H,3-11H2,1-2H3,(H,23,29)(H,24,27,28). The maximum atomic E-state index is 12.9. The highest BCUT2D eigenvalue weighted by molar-refractivity contribution is 6.03. The van der Waals surface area contributed by atoms with Gasteiger partial charge in [-0.15, -0.1) is 0 Å². The van der Waals surface area contributed by atoms with Crippen molar-refractivity contribution in [1.29, 1.82) is 0 Å². The molecule has 2 fully saturated rings. The number of piperidine rings is 1. The summed E-state index contributed by atoms with van der Waals surface area (Å²) in [5, 5.41) is 10.2. The molecule has 1 aromatic heterocycles. The fraction of sp³-hybridized carbons (Fsp3) is 0.714. The zero-order valence-corrected chi connectivity index (χ0v) is 17.3. The molecule has 0 saturated carbocycles. The Bertz CT molecular complexity index is 794. The van der Waals surface area contributed by atoms with Gasteiger partial charge < -0.3 is 10.2 Å². The summed E-state index contributed by atoms with van der Waals surface area (Å²) in [6.45, 7) is 5.62. The SMILES string of the molecule is CC(C)n1ncc2c1C(NC(=O)N1CCC(CC3CC(=O)NC3=O)CC1)CCC2. The first-order chi connectivity index (χ1) is 13.9. The number of urea groups is 1. The number of carbonyl (C=O) groups excluding carboxylic acids is 3. The summed E-state index contributed by atoms with van der Waals surface area (Å²) in [6, 6.07) is 0.278. The maximum Gasteiger partial charge on any atom is 0.317 e. The lowest BCUT2D eigenvalue weighted by atomic mass is 9.86. The molecule has 2 aliphatic heterocycles. The van der Waals surface area contributed by atoms with Gasteiger partial charge in [-0.2, -0.15) is 5.10 Å². The van der Waals surface area contributed by atoms with E-state index in [-0.39, 0.29) is 35.8 Å². The number of aryl methyl sites for hydroxylation is 1. The fourth-order valence-electron chi connectivity index (χ4n) is 4.98. The Morgan fingerprint density at radius 3 is 2.69 bits per heavy atom. The highest BCUT2D eigenvalue weighted by atomic mass is 16.2. The van der Waals surface area contributed by atoms with E-state index in [1.807, 2.05) is 15.8 Å². The normalized spacial score (nSPS) is 25.3. The second kappa shape index (κ2) is 8.16. The first kappa shape index (κ1) is 19.9. The molecule has 29 heavy (non-hydrogen) atoms. The summed E-state index contributed by atoms with van der Waals surface area (Å²) in [5.74, 6) is -0.0939. The lowest BCUT2D eigenvalue weighted by Gasteiger charge is -2.35. The summed E-state index contributed by atoms with van der Waals surface area (Å²) >= 11 is 0. The molecule has 1 aliphatic carbocycles. The van der Waals surface area contributed by atoms with Crippen LogP contribution in [0.1, 0.15) is 75.7 Å². The van der Waals surface area contributed by atoms with Crippen LogP contribution in [-0.4, -0.2) is 45.6 Å². The number of amides is 4. The molecule has 4 rings (SSSR count). The van der Waals surface area contributed by atoms with Gasteiger partial charge in [0.15, 0.2) is 0 Å². The van der Waals surface area contributed by atoms with E-state index in [9.17, 15) is 14.4 Å². The first-order valence-corrected chi connectivity index (χ1v) is 10.9. The van der Waals surface area contributed by atoms with Crippen molar-refractivity contribution in [3.8, 4) is 0 Å². The molecule has 158 valence electrons. The van der Waals surface area contributed by atoms with Crippen molar-refractivity contribution in [3.05, 3.63) is 17.5 Å². The average Bonchev–Trinajstić information content (AvgIpc) is 3.26. The monoisotopic (exact) mass is 401 g/mol. The third-order valence-electron chi connectivity index (χ3n) is 6.55. The minimum atomic E-state index is -0.190. The summed E-state index contributed by atoms with van der Waals surface area (Å²) < 4.78 is 2.04. The summed E-state index contributed by atoms with van der Waals surface area (Å²) in [5.41, 5.74) is 2.41. The van der Waals surface area contributed by atoms with E-state index >= 15 is 0 Å². The first-order valence-electron chi connectivity index (χ1n) is 10.9. The van der Waals surface area contributed by atoms with Crippen molar-refractivity contribution in [2.45, 2.75) is 70.9 Å². The number of nitrogens with one attached hydrogen (secondary N) is 2. The van der Waals surface area contributed by atoms with Crippen LogP contribution in [0.3, 0.4) is 0 Å². The predicted octanol–water partition coefficient (Wildman–Crippen LogP) is 2.32. The third-order valence-corrected chi connectivity index (χ3v) is 6.55. The van der Waals surface area contributed by atoms with Crippen molar-refractivity contribution < 1.29 is 14.4 Å². The summed E-state index contributed by atoms with van der Waals surface area (Å²) in [6.07, 6.45) is 7.79. The van der Waals surface area contributed by atoms with Crippen LogP contribution in [0.25, 0.3) is 0 Å². The average molecular weight is 402 g/mol. The van der Waals surface area contributed by atoms with Gasteiger partial charge in [-0.3, -0.25) is 19.6 Å². The minimum Gasteiger partial charge on any atom is -0.330 e. The Hall–Kier alpha value is -2.38. The highest BCUT2D eigenvalue weighted by Gasteiger charge is 2.34. The van der Waals surface area contributed by atoms with E-state index < -0.39 is 0 Å². The van der Waals surface area contributed by atoms with Gasteiger partial charge in [0.1, 0.15) is 0 Å². The molecular formula is C21H31N5O3. The molecule has 0 radical (unpaired) electrons. The number of likely N-dealkylation sites (tertiary alicyclic amines) is 1. The molecule has 2 atom stereocenters. The Morgan fingerprint density at radius 1 is 1.28 bits per heavy atom. The molecular weight excluding hydrogens is 370 g/mol. The van der Waals surface area contributed by atoms with Crippen molar-refractivity contribution in [1.82, 2.24) is 25.3 Å². The second-order valence-corrected chi connectivity index (χ2v) is 8.97. The number of rotatable bonds is 4. The van der Waals surface area contributed by atoms with Crippen LogP contribution in [-0.2, 0) is 16.0 Å². The third kappa shape index (κ3) is 4.16. The number of aromatic nitrogens is 2. The zero-order chi connectivity index (χ0) is 20.5. The lowest BCUT2D eigenvalue weighted by Crippen LogP contribution is -2.46. The molecule has 0 spiro atoms. The number of hydrogen-bond donors (Lipinski definition) is 2. The number of fused-ring (bicyclic) bond motifs is 1. The van der Waals surface area contributed by atoms with Crippen LogP contribution in [0.4, 0.5) is 4.79 Å². The van der Waals surface area contributed by atoms with Gasteiger partial charge in [-0.05, 0) is 63.9 Å². The number of nitrogens with zero attached hydrogens (tertiary/aromatic N) is 3. The molecule has 2 saturated heterocycles. The van der Waals surface area contributed by atoms with Crippen molar-refractivity contribution in [2.75, 3.05) is 13.1 Å². The zero-order valence-electron chi connectivity index (χ0n) is 17.3. The van der Waals surface area contributed by atoms with Crippen LogP contribution in [0.15, 0.2) is 6.20 Å². The largest absolute Gasteiger partial charge is 0.330 e. The van der Waals surface area contributed by atoms with E-state index in [1.54, 1.807) is 0 Å². The van der Waals surface area contributed by atoms with E-state index in [4.69, 9.17) is 0 Å². The van der Waals surface area contributed by atoms with Gasteiger partial charge in [0.05, 0.1) is 17.9 Å². The van der Waals surface area contributed by atoms with E-state index in [2.05, 4.69) is 29.6 Å². The van der Waals surface area contributed by atoms with Gasteiger partial charge >= 0.3 is 6.03 Å². The molecule has 4 amide bonds. The fourth-order valence-corrected chi connectivity index (χ4v) is 4.98. The van der Waals surface area contributed by atoms with Gasteiger partial charge in [0.2, 0.25) is 11.8 Å². The maximum absolute atomic E-state index is 12.9. The second-order valence-electron chi connectivity index (χ2n) is 8.97. The van der Waals surface area contributed by atoms with Gasteiger partial charge in [-0.1, -0.05) is 0 Å². The minimum absolute atomic E-state index is 0.00778. The highest BCUT2D eigenvalue weighted by Crippen LogP contribution is 2.32. The molecule has 8 nitrogen and oxygen atoms in total. The van der Waals surface area contributed by atoms with Crippen LogP contribution in [0.5, 0.6) is 0 Å². The molecule has 0 bridgehead atoms. The van der Waals surface area contributed by atoms with E-state index in [1.165, 1.54) is 5.56 Å². The van der Waals surface area contributed by atoms with E-state index in [0.29, 0.717) is 25.4 Å². The summed E-state index contributed by atoms with van der Waals surface area (Å²) in [7, 11) is 0. The van der Waals surface area contributed by atoms with Crippen LogP contribution >= 0.6 is 0 Å². The molecule has 2 unspecified atom stereocenters. The Labute approximate surface area is 171 Å². The Morgan fingerprint density at radius 2 is 2.03 bits per heavy atom. The van der Waals surface area contributed by atoms with Crippen LogP contribution in [0, 0.1) is 11.8 Å². The van der Waals surface area contributed by atoms with Gasteiger partial charge in [-0.25, -0.2) is 4.79 Å². The number of carbonyl (C=O) groups is 3. The smallest absolute Gasteiger partial charge is 0.317 e. The van der Waals surface area contributed by atoms with Crippen molar-refractivity contribution in [2.24, 2.45) is 11.8 Å². The van der Waals surface area contributed by atoms with Crippen molar-refractivity contribution >= 4 is 17.8 Å². The topological polar surface area (TPSA) is 96.3 Å². The molecule has 3 aliphatic rings. The Kier molecular flexibility index (Phi) is 5.61. The van der Waals surface area contributed by atoms with Gasteiger partial charge in [0, 0.05) is 31.5 Å². The Balaban J connectivity index is 1.32. The molecule has 8 heteroatoms. The van der Waals surface area contributed by atoms with Crippen molar-refractivity contribution in [3.63, 3.8) is 0 Å². The predicted molar refractivity (Wildman–Crippen MR) is 107 cm³/mol. The summed E-state index contributed by atoms with van der Waals surface area (Å²) in [4.78, 5) is 38.0. The number of hydrogen-bond acceptors (Lipinski definition) is 4.